The summed E-state index contributed by atoms with van der Waals surface area (Å²) in [6, 6.07) is 1.90. The van der Waals surface area contributed by atoms with Crippen molar-refractivity contribution in [3.63, 3.8) is 0 Å². The van der Waals surface area contributed by atoms with Crippen LogP contribution in [0.15, 0.2) is 18.6 Å². The first kappa shape index (κ1) is 16.5. The summed E-state index contributed by atoms with van der Waals surface area (Å²) in [6.07, 6.45) is 3.11. The molecule has 2 aromatic rings. The number of aromatic nitrogens is 4. The van der Waals surface area contributed by atoms with E-state index in [0.717, 1.165) is 44.2 Å². The van der Waals surface area contributed by atoms with Crippen LogP contribution in [-0.4, -0.2) is 70.0 Å². The second-order valence-corrected chi connectivity index (χ2v) is 6.06. The van der Waals surface area contributed by atoms with Crippen molar-refractivity contribution in [2.24, 2.45) is 0 Å². The topological polar surface area (TPSA) is 88.6 Å². The molecule has 8 heteroatoms. The highest BCUT2D eigenvalue weighted by Crippen LogP contribution is 2.17. The molecule has 0 amide bonds. The lowest BCUT2D eigenvalue weighted by Gasteiger charge is -2.32. The number of aliphatic hydroxyl groups is 1. The molecule has 0 aliphatic carbocycles. The molecule has 1 aliphatic heterocycles. The molecular weight excluding hydrogens is 308 g/mol. The van der Waals surface area contributed by atoms with E-state index in [1.807, 2.05) is 13.0 Å². The Morgan fingerprint density at radius 1 is 1.29 bits per heavy atom. The predicted octanol–water partition coefficient (Wildman–Crippen LogP) is -1.13. The molecule has 3 rings (SSSR count). The fourth-order valence-corrected chi connectivity index (χ4v) is 3.07. The normalized spacial score (nSPS) is 15.7. The van der Waals surface area contributed by atoms with Gasteiger partial charge >= 0.3 is 0 Å². The van der Waals surface area contributed by atoms with Gasteiger partial charge in [0.05, 0.1) is 50.2 Å². The number of rotatable bonds is 5. The summed E-state index contributed by atoms with van der Waals surface area (Å²) in [7, 11) is 0. The molecular formula is C16H23N6O2+. The summed E-state index contributed by atoms with van der Waals surface area (Å²) in [4.78, 5) is 23.9. The molecule has 0 saturated carbocycles. The van der Waals surface area contributed by atoms with Crippen LogP contribution in [0.5, 0.6) is 0 Å². The van der Waals surface area contributed by atoms with Crippen molar-refractivity contribution in [3.8, 4) is 5.82 Å². The van der Waals surface area contributed by atoms with Crippen LogP contribution in [0.1, 0.15) is 23.0 Å². The number of aliphatic hydroxyl groups excluding tert-OH is 1. The van der Waals surface area contributed by atoms with Gasteiger partial charge in [0, 0.05) is 6.07 Å². The van der Waals surface area contributed by atoms with Gasteiger partial charge in [0.1, 0.15) is 18.7 Å². The Morgan fingerprint density at radius 2 is 2.00 bits per heavy atom. The highest BCUT2D eigenvalue weighted by atomic mass is 16.3. The summed E-state index contributed by atoms with van der Waals surface area (Å²) >= 11 is 0. The number of nitrogens with one attached hydrogen (secondary N) is 1. The maximum Gasteiger partial charge on any atom is 0.163 e. The molecule has 0 radical (unpaired) electrons. The number of hydrogen-bond donors (Lipinski definition) is 2. The minimum atomic E-state index is -0.00369. The summed E-state index contributed by atoms with van der Waals surface area (Å²) < 4.78 is 1.68. The molecule has 2 aromatic heterocycles. The van der Waals surface area contributed by atoms with Gasteiger partial charge in [-0.15, -0.1) is 0 Å². The number of carbonyl (C=O) groups is 1. The van der Waals surface area contributed by atoms with Gasteiger partial charge in [0.15, 0.2) is 11.6 Å². The van der Waals surface area contributed by atoms with E-state index in [2.05, 4.69) is 20.0 Å². The zero-order valence-corrected chi connectivity index (χ0v) is 14.1. The highest BCUT2D eigenvalue weighted by Gasteiger charge is 2.21. The average Bonchev–Trinajstić information content (AvgIpc) is 2.98. The zero-order chi connectivity index (χ0) is 17.1. The van der Waals surface area contributed by atoms with E-state index in [9.17, 15) is 4.79 Å². The average molecular weight is 331 g/mol. The number of anilines is 1. The van der Waals surface area contributed by atoms with E-state index in [0.29, 0.717) is 11.4 Å². The van der Waals surface area contributed by atoms with Crippen molar-refractivity contribution >= 4 is 11.6 Å². The van der Waals surface area contributed by atoms with Crippen molar-refractivity contribution in [2.75, 3.05) is 44.2 Å². The van der Waals surface area contributed by atoms with Crippen LogP contribution in [0, 0.1) is 6.92 Å². The maximum atomic E-state index is 11.6. The second kappa shape index (κ2) is 7.06. The van der Waals surface area contributed by atoms with E-state index >= 15 is 0 Å². The first-order chi connectivity index (χ1) is 11.6. The van der Waals surface area contributed by atoms with Gasteiger partial charge in [-0.05, 0) is 13.8 Å². The Hall–Kier alpha value is -2.32. The van der Waals surface area contributed by atoms with Crippen LogP contribution in [0.25, 0.3) is 5.82 Å². The van der Waals surface area contributed by atoms with Gasteiger partial charge in [0.25, 0.3) is 0 Å². The minimum absolute atomic E-state index is 0.00369. The predicted molar refractivity (Wildman–Crippen MR) is 88.8 cm³/mol. The number of piperazine rings is 1. The third-order valence-corrected chi connectivity index (χ3v) is 4.50. The van der Waals surface area contributed by atoms with Crippen LogP contribution in [0.3, 0.4) is 0 Å². The van der Waals surface area contributed by atoms with E-state index in [1.165, 1.54) is 18.2 Å². The fourth-order valence-electron chi connectivity index (χ4n) is 3.07. The third-order valence-electron chi connectivity index (χ3n) is 4.50. The molecule has 24 heavy (non-hydrogen) atoms. The number of ketones is 1. The number of quaternary nitrogens is 1. The van der Waals surface area contributed by atoms with Crippen molar-refractivity contribution in [3.05, 3.63) is 29.8 Å². The van der Waals surface area contributed by atoms with Gasteiger partial charge in [0.2, 0.25) is 0 Å². The Balaban J connectivity index is 1.79. The van der Waals surface area contributed by atoms with Crippen LogP contribution in [-0.2, 0) is 0 Å². The van der Waals surface area contributed by atoms with Crippen LogP contribution in [0.4, 0.5) is 5.82 Å². The smallest absolute Gasteiger partial charge is 0.163 e. The Morgan fingerprint density at radius 3 is 2.62 bits per heavy atom. The lowest BCUT2D eigenvalue weighted by Crippen LogP contribution is -3.15. The molecule has 3 heterocycles. The molecule has 1 saturated heterocycles. The molecule has 1 fully saturated rings. The maximum absolute atomic E-state index is 11.6. The minimum Gasteiger partial charge on any atom is -0.391 e. The summed E-state index contributed by atoms with van der Waals surface area (Å²) in [5, 5.41) is 13.3. The molecule has 0 spiro atoms. The quantitative estimate of drug-likeness (QED) is 0.674. The first-order valence-electron chi connectivity index (χ1n) is 8.17. The van der Waals surface area contributed by atoms with E-state index < -0.39 is 0 Å². The van der Waals surface area contributed by atoms with E-state index in [4.69, 9.17) is 5.11 Å². The molecule has 128 valence electrons. The fraction of sp³-hybridized carbons (Fsp3) is 0.500. The molecule has 0 atom stereocenters. The summed E-state index contributed by atoms with van der Waals surface area (Å²) in [6.45, 7) is 8.17. The lowest BCUT2D eigenvalue weighted by molar-refractivity contribution is -0.900. The van der Waals surface area contributed by atoms with Crippen molar-refractivity contribution in [1.29, 1.82) is 0 Å². The number of Topliss-reactive ketones (excluding diaryl/α,β-unsaturated/α-hetero) is 1. The van der Waals surface area contributed by atoms with E-state index in [-0.39, 0.29) is 12.4 Å². The van der Waals surface area contributed by atoms with Gasteiger partial charge in [-0.2, -0.15) is 5.10 Å². The Labute approximate surface area is 140 Å². The van der Waals surface area contributed by atoms with Gasteiger partial charge < -0.3 is 14.9 Å². The van der Waals surface area contributed by atoms with Gasteiger partial charge in [-0.25, -0.2) is 14.6 Å². The Bertz CT molecular complexity index is 721. The molecule has 0 bridgehead atoms. The second-order valence-electron chi connectivity index (χ2n) is 6.06. The lowest BCUT2D eigenvalue weighted by atomic mass is 10.2. The SMILES string of the molecule is CC(=O)c1cnn(-c2cc(N3CC[NH+](CCO)CC3)ncn2)c1C. The monoisotopic (exact) mass is 331 g/mol. The summed E-state index contributed by atoms with van der Waals surface area (Å²) in [5.41, 5.74) is 1.39. The van der Waals surface area contributed by atoms with Crippen molar-refractivity contribution in [2.45, 2.75) is 13.8 Å². The first-order valence-corrected chi connectivity index (χ1v) is 8.17. The largest absolute Gasteiger partial charge is 0.391 e. The number of carbonyl (C=O) groups excluding carboxylic acids is 1. The van der Waals surface area contributed by atoms with Crippen LogP contribution >= 0.6 is 0 Å². The molecule has 8 nitrogen and oxygen atoms in total. The Kier molecular flexibility index (Phi) is 4.86. The van der Waals surface area contributed by atoms with Crippen LogP contribution in [0.2, 0.25) is 0 Å². The standard InChI is InChI=1S/C16H22N6O2/c1-12-14(13(2)24)10-19-22(12)16-9-15(17-11-18-16)21-5-3-20(4-6-21)7-8-23/h9-11,23H,3-8H2,1-2H3/p+1. The zero-order valence-electron chi connectivity index (χ0n) is 14.1. The number of nitrogens with zero attached hydrogens (tertiary/aromatic N) is 5. The molecule has 0 unspecified atom stereocenters. The highest BCUT2D eigenvalue weighted by molar-refractivity contribution is 5.95. The van der Waals surface area contributed by atoms with Crippen molar-refractivity contribution < 1.29 is 14.8 Å². The number of hydrogen-bond acceptors (Lipinski definition) is 6. The third kappa shape index (κ3) is 3.29. The molecule has 1 aliphatic rings. The summed E-state index contributed by atoms with van der Waals surface area (Å²) in [5.74, 6) is 1.52. The van der Waals surface area contributed by atoms with Crippen LogP contribution < -0.4 is 9.80 Å². The molecule has 0 aromatic carbocycles. The van der Waals surface area contributed by atoms with Gasteiger partial charge in [-0.3, -0.25) is 4.79 Å². The molecule has 2 N–H and O–H groups in total. The van der Waals surface area contributed by atoms with E-state index in [1.54, 1.807) is 10.9 Å². The van der Waals surface area contributed by atoms with Crippen molar-refractivity contribution in [1.82, 2.24) is 19.7 Å². The van der Waals surface area contributed by atoms with Gasteiger partial charge in [-0.1, -0.05) is 0 Å².